The molecule has 0 N–H and O–H groups in total. The van der Waals surface area contributed by atoms with Gasteiger partial charge in [0.2, 0.25) is 0 Å². The molecule has 1 aliphatic rings. The number of methoxy groups -OCH3 is 2. The van der Waals surface area contributed by atoms with Crippen molar-refractivity contribution in [3.63, 3.8) is 0 Å². The molecule has 0 bridgehead atoms. The Hall–Kier alpha value is -3.34. The van der Waals surface area contributed by atoms with E-state index < -0.39 is 0 Å². The minimum atomic E-state index is 0.0146. The van der Waals surface area contributed by atoms with Crippen LogP contribution in [0, 0.1) is 18.3 Å². The molecule has 34 heavy (non-hydrogen) atoms. The van der Waals surface area contributed by atoms with E-state index in [2.05, 4.69) is 18.0 Å². The Kier molecular flexibility index (Phi) is 7.20. The van der Waals surface area contributed by atoms with Crippen LogP contribution in [0.2, 0.25) is 0 Å². The molecule has 1 aromatic heterocycles. The summed E-state index contributed by atoms with van der Waals surface area (Å²) in [6.45, 7) is 3.59. The zero-order chi connectivity index (χ0) is 24.2. The summed E-state index contributed by atoms with van der Waals surface area (Å²) in [6.07, 6.45) is 0.789. The Labute approximate surface area is 204 Å². The van der Waals surface area contributed by atoms with Gasteiger partial charge in [0, 0.05) is 36.3 Å². The van der Waals surface area contributed by atoms with Crippen LogP contribution in [-0.4, -0.2) is 49.2 Å². The highest BCUT2D eigenvalue weighted by atomic mass is 32.2. The number of carbonyl (C=O) groups excluding carboxylic acids is 1. The molecule has 0 saturated carbocycles. The van der Waals surface area contributed by atoms with Gasteiger partial charge in [0.1, 0.15) is 11.1 Å². The average molecular weight is 474 g/mol. The van der Waals surface area contributed by atoms with Crippen molar-refractivity contribution in [2.75, 3.05) is 33.6 Å². The fraction of sp³-hybridized carbons (Fsp3) is 0.296. The van der Waals surface area contributed by atoms with Gasteiger partial charge in [-0.15, -0.1) is 0 Å². The van der Waals surface area contributed by atoms with E-state index in [0.29, 0.717) is 34.2 Å². The lowest BCUT2D eigenvalue weighted by Crippen LogP contribution is -2.28. The van der Waals surface area contributed by atoms with Crippen LogP contribution < -0.4 is 9.47 Å². The molecule has 1 aliphatic heterocycles. The third kappa shape index (κ3) is 4.79. The second-order valence-corrected chi connectivity index (χ2v) is 9.30. The van der Waals surface area contributed by atoms with Crippen molar-refractivity contribution in [2.45, 2.75) is 24.9 Å². The summed E-state index contributed by atoms with van der Waals surface area (Å²) in [5.41, 5.74) is 6.01. The number of pyridine rings is 1. The quantitative estimate of drug-likeness (QED) is 0.356. The lowest BCUT2D eigenvalue weighted by atomic mass is 9.91. The van der Waals surface area contributed by atoms with Crippen LogP contribution >= 0.6 is 11.8 Å². The predicted molar refractivity (Wildman–Crippen MR) is 134 cm³/mol. The standard InChI is InChI=1S/C27H27N3O3S/c1-17-5-7-18(8-6-17)23(31)16-34-27-20(14-28)26(21-15-30(2)12-11-22(21)29-27)19-9-10-24(32-3)25(13-19)33-4/h5-10,13H,11-12,15-16H2,1-4H3. The minimum Gasteiger partial charge on any atom is -0.493 e. The molecule has 0 radical (unpaired) electrons. The molecular formula is C27H27N3O3S. The number of benzene rings is 2. The molecule has 0 aliphatic carbocycles. The smallest absolute Gasteiger partial charge is 0.173 e. The van der Waals surface area contributed by atoms with Gasteiger partial charge >= 0.3 is 0 Å². The highest BCUT2D eigenvalue weighted by Gasteiger charge is 2.26. The van der Waals surface area contributed by atoms with E-state index >= 15 is 0 Å². The number of Topliss-reactive ketones (excluding diaryl/α,β-unsaturated/α-hetero) is 1. The van der Waals surface area contributed by atoms with E-state index in [0.717, 1.165) is 40.9 Å². The SMILES string of the molecule is COc1ccc(-c2c(C#N)c(SCC(=O)c3ccc(C)cc3)nc3c2CN(C)CC3)cc1OC. The van der Waals surface area contributed by atoms with E-state index in [1.54, 1.807) is 14.2 Å². The average Bonchev–Trinajstić information content (AvgIpc) is 2.86. The summed E-state index contributed by atoms with van der Waals surface area (Å²) in [6, 6.07) is 15.6. The van der Waals surface area contributed by atoms with Crippen molar-refractivity contribution >= 4 is 17.5 Å². The van der Waals surface area contributed by atoms with Gasteiger partial charge in [0.25, 0.3) is 0 Å². The Morgan fingerprint density at radius 1 is 1.15 bits per heavy atom. The number of ketones is 1. The van der Waals surface area contributed by atoms with Gasteiger partial charge < -0.3 is 14.4 Å². The summed E-state index contributed by atoms with van der Waals surface area (Å²) in [7, 11) is 5.26. The maximum atomic E-state index is 12.8. The molecule has 0 atom stereocenters. The van der Waals surface area contributed by atoms with Crippen molar-refractivity contribution in [3.8, 4) is 28.7 Å². The van der Waals surface area contributed by atoms with Crippen molar-refractivity contribution in [3.05, 3.63) is 70.4 Å². The summed E-state index contributed by atoms with van der Waals surface area (Å²) in [5.74, 6) is 1.46. The zero-order valence-electron chi connectivity index (χ0n) is 19.8. The highest BCUT2D eigenvalue weighted by Crippen LogP contribution is 2.40. The number of nitrogens with zero attached hydrogens (tertiary/aromatic N) is 3. The molecule has 0 saturated heterocycles. The zero-order valence-corrected chi connectivity index (χ0v) is 20.7. The maximum absolute atomic E-state index is 12.8. The Balaban J connectivity index is 1.77. The van der Waals surface area contributed by atoms with Crippen molar-refractivity contribution in [1.82, 2.24) is 9.88 Å². The van der Waals surface area contributed by atoms with Crippen molar-refractivity contribution in [1.29, 1.82) is 5.26 Å². The number of hydrogen-bond acceptors (Lipinski definition) is 7. The molecule has 2 heterocycles. The van der Waals surface area contributed by atoms with Gasteiger partial charge in [0.05, 0.1) is 25.5 Å². The highest BCUT2D eigenvalue weighted by molar-refractivity contribution is 8.00. The number of rotatable bonds is 7. The largest absolute Gasteiger partial charge is 0.493 e. The molecule has 0 unspecified atom stereocenters. The van der Waals surface area contributed by atoms with Crippen LogP contribution in [-0.2, 0) is 13.0 Å². The maximum Gasteiger partial charge on any atom is 0.173 e. The molecule has 4 rings (SSSR count). The minimum absolute atomic E-state index is 0.0146. The third-order valence-electron chi connectivity index (χ3n) is 6.01. The molecule has 174 valence electrons. The first-order valence-corrected chi connectivity index (χ1v) is 12.0. The fourth-order valence-electron chi connectivity index (χ4n) is 4.15. The lowest BCUT2D eigenvalue weighted by molar-refractivity contribution is 0.102. The van der Waals surface area contributed by atoms with Crippen LogP contribution in [0.1, 0.15) is 32.7 Å². The molecule has 2 aromatic carbocycles. The number of carbonyl (C=O) groups is 1. The molecule has 0 fully saturated rings. The third-order valence-corrected chi connectivity index (χ3v) is 6.98. The first kappa shape index (κ1) is 23.8. The predicted octanol–water partition coefficient (Wildman–Crippen LogP) is 4.91. The van der Waals surface area contributed by atoms with Crippen LogP contribution in [0.4, 0.5) is 0 Å². The van der Waals surface area contributed by atoms with Gasteiger partial charge in [-0.1, -0.05) is 47.7 Å². The van der Waals surface area contributed by atoms with E-state index in [1.165, 1.54) is 11.8 Å². The number of nitriles is 1. The molecule has 6 nitrogen and oxygen atoms in total. The summed E-state index contributed by atoms with van der Waals surface area (Å²) >= 11 is 1.33. The fourth-order valence-corrected chi connectivity index (χ4v) is 5.05. The number of aromatic nitrogens is 1. The topological polar surface area (TPSA) is 75.5 Å². The monoisotopic (exact) mass is 473 g/mol. The van der Waals surface area contributed by atoms with Crippen LogP contribution in [0.25, 0.3) is 11.1 Å². The normalized spacial score (nSPS) is 13.1. The van der Waals surface area contributed by atoms with E-state index in [9.17, 15) is 10.1 Å². The van der Waals surface area contributed by atoms with Crippen molar-refractivity contribution in [2.24, 2.45) is 0 Å². The number of hydrogen-bond donors (Lipinski definition) is 0. The van der Waals surface area contributed by atoms with Crippen LogP contribution in [0.3, 0.4) is 0 Å². The Morgan fingerprint density at radius 3 is 2.56 bits per heavy atom. The number of likely N-dealkylation sites (N-methyl/N-ethyl adjacent to an activating group) is 1. The van der Waals surface area contributed by atoms with Gasteiger partial charge in [-0.2, -0.15) is 5.26 Å². The van der Waals surface area contributed by atoms with E-state index in [-0.39, 0.29) is 11.5 Å². The molecule has 0 amide bonds. The van der Waals surface area contributed by atoms with Gasteiger partial charge in [0.15, 0.2) is 17.3 Å². The summed E-state index contributed by atoms with van der Waals surface area (Å²) < 4.78 is 10.9. The van der Waals surface area contributed by atoms with E-state index in [4.69, 9.17) is 14.5 Å². The molecule has 0 spiro atoms. The molecule has 7 heteroatoms. The number of ether oxygens (including phenoxy) is 2. The second kappa shape index (κ2) is 10.3. The summed E-state index contributed by atoms with van der Waals surface area (Å²) in [4.78, 5) is 19.9. The Bertz CT molecular complexity index is 1270. The van der Waals surface area contributed by atoms with Crippen LogP contribution in [0.15, 0.2) is 47.5 Å². The Morgan fingerprint density at radius 2 is 1.88 bits per heavy atom. The summed E-state index contributed by atoms with van der Waals surface area (Å²) in [5, 5.41) is 10.8. The number of aryl methyl sites for hydroxylation is 1. The van der Waals surface area contributed by atoms with Gasteiger partial charge in [-0.25, -0.2) is 4.98 Å². The van der Waals surface area contributed by atoms with E-state index in [1.807, 2.05) is 49.4 Å². The first-order valence-electron chi connectivity index (χ1n) is 11.0. The lowest BCUT2D eigenvalue weighted by Gasteiger charge is -2.28. The second-order valence-electron chi connectivity index (χ2n) is 8.34. The van der Waals surface area contributed by atoms with Crippen molar-refractivity contribution < 1.29 is 14.3 Å². The number of fused-ring (bicyclic) bond motifs is 1. The number of thioether (sulfide) groups is 1. The van der Waals surface area contributed by atoms with Gasteiger partial charge in [-0.05, 0) is 37.2 Å². The first-order chi connectivity index (χ1) is 16.4. The van der Waals surface area contributed by atoms with Gasteiger partial charge in [-0.3, -0.25) is 4.79 Å². The molecular weight excluding hydrogens is 446 g/mol. The van der Waals surface area contributed by atoms with Crippen LogP contribution in [0.5, 0.6) is 11.5 Å². The molecule has 3 aromatic rings.